The number of hydrazine groups is 1. The lowest BCUT2D eigenvalue weighted by molar-refractivity contribution is -0.221. The summed E-state index contributed by atoms with van der Waals surface area (Å²) in [5.74, 6) is 0.625. The molecule has 0 radical (unpaired) electrons. The number of hydrogen-bond acceptors (Lipinski definition) is 12. The molecule has 3 aliphatic rings. The number of anilines is 1. The molecule has 1 aromatic heterocycles. The number of carbonyl (C=O) groups is 4. The zero-order valence-electron chi connectivity index (χ0n) is 44.1. The van der Waals surface area contributed by atoms with Gasteiger partial charge in [0.2, 0.25) is 5.91 Å². The molecule has 6 atom stereocenters. The van der Waals surface area contributed by atoms with Crippen LogP contribution in [-0.2, 0) is 36.8 Å². The quantitative estimate of drug-likeness (QED) is 0.0390. The van der Waals surface area contributed by atoms with Gasteiger partial charge in [0.1, 0.15) is 23.7 Å². The number of carbonyl (C=O) groups excluding carboxylic acids is 4. The number of nitrogens with one attached hydrogen (secondary N) is 4. The second-order valence-corrected chi connectivity index (χ2v) is 20.9. The van der Waals surface area contributed by atoms with Gasteiger partial charge in [0.15, 0.2) is 0 Å². The predicted octanol–water partition coefficient (Wildman–Crippen LogP) is 7.03. The molecule has 426 valence electrons. The molecule has 2 bridgehead atoms. The molecule has 7 rings (SSSR count). The van der Waals surface area contributed by atoms with Crippen molar-refractivity contribution < 1.29 is 73.6 Å². The zero-order chi connectivity index (χ0) is 57.6. The van der Waals surface area contributed by atoms with Crippen LogP contribution in [-0.4, -0.2) is 146 Å². The monoisotopic (exact) mass is 1110 g/mol. The Balaban J connectivity index is 1.17. The van der Waals surface area contributed by atoms with Crippen molar-refractivity contribution in [1.82, 2.24) is 36.3 Å². The van der Waals surface area contributed by atoms with E-state index in [1.165, 1.54) is 12.3 Å². The molecule has 0 spiro atoms. The van der Waals surface area contributed by atoms with Gasteiger partial charge in [-0.1, -0.05) is 30.0 Å². The fourth-order valence-corrected chi connectivity index (χ4v) is 9.74. The van der Waals surface area contributed by atoms with Crippen LogP contribution in [0.1, 0.15) is 62.8 Å². The largest absolute Gasteiger partial charge is 0.453 e. The maximum atomic E-state index is 16.0. The first-order chi connectivity index (χ1) is 37.2. The lowest BCUT2D eigenvalue weighted by atomic mass is 9.82. The number of benzene rings is 3. The average molecular weight is 1120 g/mol. The minimum atomic E-state index is -5.18. The van der Waals surface area contributed by atoms with Crippen LogP contribution in [0.2, 0.25) is 0 Å². The van der Waals surface area contributed by atoms with Gasteiger partial charge in [-0.05, 0) is 113 Å². The number of rotatable bonds is 18. The van der Waals surface area contributed by atoms with Crippen LogP contribution in [0.4, 0.5) is 50.4 Å². The van der Waals surface area contributed by atoms with Gasteiger partial charge >= 0.3 is 24.5 Å². The van der Waals surface area contributed by atoms with Crippen LogP contribution in [0, 0.1) is 34.3 Å². The van der Waals surface area contributed by atoms with Crippen LogP contribution >= 0.6 is 0 Å². The molecule has 0 saturated carbocycles. The second kappa shape index (κ2) is 24.5. The summed E-state index contributed by atoms with van der Waals surface area (Å²) in [6.45, 7) is 3.76. The molecule has 3 aromatic carbocycles. The van der Waals surface area contributed by atoms with Crippen LogP contribution in [0.15, 0.2) is 85.1 Å². The molecule has 4 amide bonds. The fraction of sp³-hybridized carbons (Fsp3) is 0.473. The van der Waals surface area contributed by atoms with Crippen molar-refractivity contribution in [3.05, 3.63) is 119 Å². The highest BCUT2D eigenvalue weighted by Gasteiger charge is 2.57. The lowest BCUT2D eigenvalue weighted by Crippen LogP contribution is -2.63. The van der Waals surface area contributed by atoms with Crippen molar-refractivity contribution in [2.24, 2.45) is 10.8 Å². The molecule has 0 aliphatic carbocycles. The number of hydrogen-bond donors (Lipinski definition) is 5. The number of methoxy groups -OCH3 is 2. The van der Waals surface area contributed by atoms with Gasteiger partial charge < -0.3 is 40.2 Å². The van der Waals surface area contributed by atoms with Crippen molar-refractivity contribution in [3.63, 3.8) is 0 Å². The SMILES string of the molecule is COC(=O)N[C@H](C(=O)N[C@@H](Cc1ccc(C#Cc2ccc(N3CC4CCC(C3)N4C3COC3)cc2)cc1)[C@@H](O)CN(Cc1c(F)cc(-c2ccccn2)cc1F)NC(=O)[C@@H](NC(=O)OC)C(C)(C)C(F)(F)F)C(C)(C)C(F)(F)F. The third kappa shape index (κ3) is 14.0. The number of aromatic nitrogens is 1. The van der Waals surface area contributed by atoms with E-state index in [9.17, 15) is 50.6 Å². The minimum Gasteiger partial charge on any atom is -0.453 e. The van der Waals surface area contributed by atoms with Gasteiger partial charge in [0.25, 0.3) is 5.91 Å². The summed E-state index contributed by atoms with van der Waals surface area (Å²) in [5.41, 5.74) is -1.95. The summed E-state index contributed by atoms with van der Waals surface area (Å²) in [4.78, 5) is 62.0. The number of piperazine rings is 1. The molecule has 3 aliphatic heterocycles. The van der Waals surface area contributed by atoms with Gasteiger partial charge in [-0.15, -0.1) is 0 Å². The Bertz CT molecular complexity index is 2830. The molecule has 4 heterocycles. The number of aliphatic hydroxyl groups excluding tert-OH is 1. The Morgan fingerprint density at radius 3 is 1.73 bits per heavy atom. The Morgan fingerprint density at radius 1 is 0.747 bits per heavy atom. The van der Waals surface area contributed by atoms with Gasteiger partial charge in [-0.25, -0.2) is 23.4 Å². The molecular formula is C55H62F8N8O8. The summed E-state index contributed by atoms with van der Waals surface area (Å²) < 4.78 is 134. The Morgan fingerprint density at radius 2 is 1.27 bits per heavy atom. The molecule has 5 N–H and O–H groups in total. The molecule has 79 heavy (non-hydrogen) atoms. The number of fused-ring (bicyclic) bond motifs is 2. The van der Waals surface area contributed by atoms with Crippen LogP contribution in [0.3, 0.4) is 0 Å². The normalized spacial score (nSPS) is 18.5. The van der Waals surface area contributed by atoms with Gasteiger partial charge in [0, 0.05) is 72.4 Å². The first kappa shape index (κ1) is 59.6. The average Bonchev–Trinajstić information content (AvgIpc) is 3.78. The first-order valence-electron chi connectivity index (χ1n) is 25.3. The summed E-state index contributed by atoms with van der Waals surface area (Å²) in [7, 11) is 1.67. The standard InChI is InChI=1S/C55H62F8N8O8/c1-52(2,54(58,59)60)46(66-50(75)77-5)48(73)65-44(23-34-14-12-32(13-15-34)10-11-33-16-18-36(19-17-33)69-26-37-20-21-38(27-69)71(37)39-30-79-31-39)45(72)29-70(68-49(74)47(67-51(76)78-6)53(3,4)55(61,62)63)28-40-41(56)24-35(25-42(40)57)43-9-7-8-22-64-43/h7-9,12-19,22,24-25,37-39,44-47,72H,20-21,23,26-31H2,1-6H3,(H,65,73)(H,66,75)(H,67,76)(H,68,74)/t37?,38?,44-,45-,46+,47+/m0/s1. The summed E-state index contributed by atoms with van der Waals surface area (Å²) in [5, 5.41) is 18.8. The van der Waals surface area contributed by atoms with Crippen LogP contribution < -0.4 is 26.3 Å². The van der Waals surface area contributed by atoms with Gasteiger partial charge in [-0.2, -0.15) is 26.3 Å². The highest BCUT2D eigenvalue weighted by Crippen LogP contribution is 2.42. The second-order valence-electron chi connectivity index (χ2n) is 20.9. The van der Waals surface area contributed by atoms with Gasteiger partial charge in [-0.3, -0.25) is 24.9 Å². The Kier molecular flexibility index (Phi) is 18.5. The number of amides is 4. The lowest BCUT2D eigenvalue weighted by Gasteiger charge is -2.48. The maximum Gasteiger partial charge on any atom is 0.407 e. The molecule has 4 aromatic rings. The van der Waals surface area contributed by atoms with E-state index in [1.54, 1.807) is 36.4 Å². The van der Waals surface area contributed by atoms with E-state index in [-0.39, 0.29) is 11.3 Å². The number of halogens is 8. The topological polar surface area (TPSA) is 187 Å². The summed E-state index contributed by atoms with van der Waals surface area (Å²) in [6.07, 6.45) is -12.0. The van der Waals surface area contributed by atoms with E-state index in [2.05, 4.69) is 46.8 Å². The van der Waals surface area contributed by atoms with E-state index >= 15 is 8.78 Å². The predicted molar refractivity (Wildman–Crippen MR) is 272 cm³/mol. The van der Waals surface area contributed by atoms with E-state index in [1.807, 2.05) is 34.9 Å². The molecule has 2 unspecified atom stereocenters. The third-order valence-electron chi connectivity index (χ3n) is 14.8. The van der Waals surface area contributed by atoms with Crippen molar-refractivity contribution in [2.75, 3.05) is 52.0 Å². The van der Waals surface area contributed by atoms with Gasteiger partial charge in [0.05, 0.1) is 62.1 Å². The van der Waals surface area contributed by atoms with E-state index < -0.39 is 108 Å². The fourth-order valence-electron chi connectivity index (χ4n) is 9.74. The molecular weight excluding hydrogens is 1050 g/mol. The van der Waals surface area contributed by atoms with E-state index in [4.69, 9.17) is 4.74 Å². The summed E-state index contributed by atoms with van der Waals surface area (Å²) in [6, 6.07) is 15.3. The smallest absolute Gasteiger partial charge is 0.407 e. The van der Waals surface area contributed by atoms with Crippen molar-refractivity contribution in [1.29, 1.82) is 0 Å². The highest BCUT2D eigenvalue weighted by atomic mass is 19.4. The third-order valence-corrected chi connectivity index (χ3v) is 14.8. The highest BCUT2D eigenvalue weighted by molar-refractivity contribution is 5.87. The Hall–Kier alpha value is -7.07. The number of nitrogens with zero attached hydrogens (tertiary/aromatic N) is 4. The molecule has 24 heteroatoms. The Labute approximate surface area is 451 Å². The minimum absolute atomic E-state index is 0.0263. The number of alkyl carbamates (subject to hydrolysis) is 2. The van der Waals surface area contributed by atoms with Crippen LogP contribution in [0.5, 0.6) is 0 Å². The number of ether oxygens (including phenoxy) is 3. The van der Waals surface area contributed by atoms with E-state index in [0.29, 0.717) is 62.0 Å². The van der Waals surface area contributed by atoms with Crippen molar-refractivity contribution in [2.45, 2.75) is 108 Å². The van der Waals surface area contributed by atoms with Crippen molar-refractivity contribution in [3.8, 4) is 23.1 Å². The van der Waals surface area contributed by atoms with Crippen molar-refractivity contribution >= 4 is 29.7 Å². The van der Waals surface area contributed by atoms with Crippen LogP contribution in [0.25, 0.3) is 11.3 Å². The zero-order valence-corrected chi connectivity index (χ0v) is 44.1. The number of aliphatic hydroxyl groups is 1. The first-order valence-corrected chi connectivity index (χ1v) is 25.3. The maximum absolute atomic E-state index is 16.0. The molecule has 3 saturated heterocycles. The molecule has 3 fully saturated rings. The summed E-state index contributed by atoms with van der Waals surface area (Å²) >= 11 is 0. The number of pyridine rings is 1. The number of alkyl halides is 6. The van der Waals surface area contributed by atoms with E-state index in [0.717, 1.165) is 76.7 Å². The molecule has 16 nitrogen and oxygen atoms in total.